The second-order valence-electron chi connectivity index (χ2n) is 15.0. The van der Waals surface area contributed by atoms with Gasteiger partial charge >= 0.3 is 11.9 Å². The number of ketones is 2. The van der Waals surface area contributed by atoms with Gasteiger partial charge < -0.3 is 30.7 Å². The molecule has 0 aromatic rings. The first-order chi connectivity index (χ1) is 22.5. The van der Waals surface area contributed by atoms with Crippen molar-refractivity contribution in [1.29, 1.82) is 0 Å². The first kappa shape index (κ1) is 38.0. The Balaban J connectivity index is 1.31. The van der Waals surface area contributed by atoms with Crippen molar-refractivity contribution in [2.45, 2.75) is 116 Å². The van der Waals surface area contributed by atoms with Crippen molar-refractivity contribution in [3.63, 3.8) is 0 Å². The summed E-state index contributed by atoms with van der Waals surface area (Å²) in [5.74, 6) is -3.56. The van der Waals surface area contributed by atoms with Crippen LogP contribution in [0.3, 0.4) is 0 Å². The van der Waals surface area contributed by atoms with Crippen molar-refractivity contribution >= 4 is 47.1 Å². The van der Waals surface area contributed by atoms with Crippen LogP contribution in [0, 0.1) is 34.5 Å². The first-order valence-corrected chi connectivity index (χ1v) is 18.5. The van der Waals surface area contributed by atoms with Crippen LogP contribution in [-0.4, -0.2) is 93.0 Å². The smallest absolute Gasteiger partial charge is 0.326 e. The van der Waals surface area contributed by atoms with Gasteiger partial charge in [0.25, 0.3) is 0 Å². The molecule has 268 valence electrons. The number of nitrogens with one attached hydrogen (secondary N) is 2. The highest BCUT2D eigenvalue weighted by molar-refractivity contribution is 7.98. The summed E-state index contributed by atoms with van der Waals surface area (Å²) in [6.45, 7) is 6.73. The molecule has 0 heterocycles. The molecule has 13 heteroatoms. The lowest BCUT2D eigenvalue weighted by Crippen LogP contribution is -2.62. The summed E-state index contributed by atoms with van der Waals surface area (Å²) in [6.07, 6.45) is 6.04. The van der Waals surface area contributed by atoms with E-state index in [9.17, 15) is 44.1 Å². The minimum absolute atomic E-state index is 0.0161. The van der Waals surface area contributed by atoms with E-state index in [0.29, 0.717) is 25.0 Å². The monoisotopic (exact) mass is 692 g/mol. The molecule has 4 aliphatic rings. The molecule has 0 spiro atoms. The Labute approximate surface area is 286 Å². The molecule has 9 atom stereocenters. The van der Waals surface area contributed by atoms with Crippen LogP contribution in [0.4, 0.5) is 0 Å². The minimum atomic E-state index is -1.79. The van der Waals surface area contributed by atoms with Crippen molar-refractivity contribution in [2.75, 3.05) is 18.6 Å². The van der Waals surface area contributed by atoms with Crippen molar-refractivity contribution in [3.05, 3.63) is 11.6 Å². The summed E-state index contributed by atoms with van der Waals surface area (Å²) in [7, 11) is 0. The number of carbonyl (C=O) groups excluding carboxylic acids is 5. The maximum Gasteiger partial charge on any atom is 0.326 e. The van der Waals surface area contributed by atoms with Gasteiger partial charge in [-0.1, -0.05) is 33.3 Å². The fourth-order valence-corrected chi connectivity index (χ4v) is 9.71. The van der Waals surface area contributed by atoms with E-state index in [0.717, 1.165) is 18.4 Å². The maximum atomic E-state index is 13.5. The van der Waals surface area contributed by atoms with Crippen LogP contribution in [0.1, 0.15) is 91.9 Å². The normalized spacial score (nSPS) is 33.8. The summed E-state index contributed by atoms with van der Waals surface area (Å²) in [5.41, 5.74) is -1.90. The molecule has 12 nitrogen and oxygen atoms in total. The SMILES string of the molecule is CSCCC(NC(=O)C(NC(=O)CCC(=O)OCC(=O)[C@@]1(O)CCC2C3CCC4=CC(=O)CC[C@]4(C)C3C(O)C[C@@]21C)C(C)C)C(=O)O. The number of aliphatic hydroxyl groups excluding tert-OH is 1. The van der Waals surface area contributed by atoms with Crippen LogP contribution in [0.25, 0.3) is 0 Å². The van der Waals surface area contributed by atoms with E-state index in [2.05, 4.69) is 17.6 Å². The molecule has 0 aliphatic heterocycles. The van der Waals surface area contributed by atoms with Crippen molar-refractivity contribution in [1.82, 2.24) is 10.6 Å². The molecular formula is C35H52N2O10S. The van der Waals surface area contributed by atoms with Crippen LogP contribution < -0.4 is 10.6 Å². The molecule has 4 aliphatic carbocycles. The maximum absolute atomic E-state index is 13.5. The van der Waals surface area contributed by atoms with Crippen molar-refractivity contribution in [2.24, 2.45) is 34.5 Å². The number of ether oxygens (including phenoxy) is 1. The van der Waals surface area contributed by atoms with Gasteiger partial charge in [-0.2, -0.15) is 11.8 Å². The number of rotatable bonds is 14. The van der Waals surface area contributed by atoms with Gasteiger partial charge in [0.1, 0.15) is 17.7 Å². The standard InChI is InChI=1S/C35H52N2O10S/c1-19(2)30(31(43)36-24(32(44)45)12-15-48-5)37-27(41)8-9-28(42)47-18-26(40)35(46)14-11-23-22-7-6-20-16-21(38)10-13-33(20,3)29(22)25(39)17-34(23,35)4/h16,19,22-25,29-30,39,46H,6-15,17-18H2,1-5H3,(H,36,43)(H,37,41)(H,44,45)/t22?,23?,24?,25?,29?,30?,33-,34-,35-/m0/s1. The van der Waals surface area contributed by atoms with Crippen LogP contribution in [0.2, 0.25) is 0 Å². The van der Waals surface area contributed by atoms with Gasteiger partial charge in [0.2, 0.25) is 17.6 Å². The Hall–Kier alpha value is -2.77. The molecule has 0 aromatic carbocycles. The zero-order valence-electron chi connectivity index (χ0n) is 28.7. The first-order valence-electron chi connectivity index (χ1n) is 17.1. The Morgan fingerprint density at radius 2 is 1.77 bits per heavy atom. The van der Waals surface area contributed by atoms with Crippen molar-refractivity contribution < 1.29 is 48.8 Å². The summed E-state index contributed by atoms with van der Waals surface area (Å²) in [4.78, 5) is 75.3. The molecule has 5 N–H and O–H groups in total. The highest BCUT2D eigenvalue weighted by atomic mass is 32.2. The van der Waals surface area contributed by atoms with Crippen molar-refractivity contribution in [3.8, 4) is 0 Å². The zero-order valence-corrected chi connectivity index (χ0v) is 29.5. The number of aliphatic hydroxyl groups is 2. The van der Waals surface area contributed by atoms with Gasteiger partial charge in [-0.15, -0.1) is 0 Å². The number of allylic oxidation sites excluding steroid dienone is 1. The number of aliphatic carboxylic acids is 1. The summed E-state index contributed by atoms with van der Waals surface area (Å²) in [5, 5.41) is 37.9. The summed E-state index contributed by atoms with van der Waals surface area (Å²) < 4.78 is 5.23. The number of amides is 2. The lowest BCUT2D eigenvalue weighted by atomic mass is 9.45. The number of hydrogen-bond donors (Lipinski definition) is 5. The summed E-state index contributed by atoms with van der Waals surface area (Å²) >= 11 is 1.45. The van der Waals surface area contributed by atoms with E-state index in [4.69, 9.17) is 4.74 Å². The molecule has 4 rings (SSSR count). The number of carboxylic acids is 1. The quantitative estimate of drug-likeness (QED) is 0.168. The lowest BCUT2D eigenvalue weighted by Gasteiger charge is -2.60. The van der Waals surface area contributed by atoms with Crippen LogP contribution >= 0.6 is 11.8 Å². The molecule has 2 amide bonds. The third kappa shape index (κ3) is 7.38. The molecule has 3 saturated carbocycles. The number of esters is 1. The fraction of sp³-hybridized carbons (Fsp3) is 0.771. The van der Waals surface area contributed by atoms with E-state index in [1.54, 1.807) is 19.9 Å². The predicted molar refractivity (Wildman–Crippen MR) is 178 cm³/mol. The molecule has 48 heavy (non-hydrogen) atoms. The van der Waals surface area contributed by atoms with E-state index in [-0.39, 0.29) is 67.0 Å². The highest BCUT2D eigenvalue weighted by Crippen LogP contribution is 2.67. The third-order valence-corrected chi connectivity index (χ3v) is 12.6. The Morgan fingerprint density at radius 1 is 1.06 bits per heavy atom. The average Bonchev–Trinajstić information content (AvgIpc) is 3.29. The van der Waals surface area contributed by atoms with Crippen LogP contribution in [-0.2, 0) is 33.5 Å². The second-order valence-corrected chi connectivity index (χ2v) is 16.0. The number of Topliss-reactive ketones (excluding diaryl/α,β-unsaturated/α-hetero) is 1. The van der Waals surface area contributed by atoms with Crippen LogP contribution in [0.5, 0.6) is 0 Å². The van der Waals surface area contributed by atoms with E-state index in [1.165, 1.54) is 11.8 Å². The van der Waals surface area contributed by atoms with Gasteiger partial charge in [-0.25, -0.2) is 4.79 Å². The molecule has 0 bridgehead atoms. The van der Waals surface area contributed by atoms with E-state index in [1.807, 2.05) is 13.2 Å². The molecule has 0 saturated heterocycles. The number of carbonyl (C=O) groups is 6. The molecule has 0 radical (unpaired) electrons. The Morgan fingerprint density at radius 3 is 2.42 bits per heavy atom. The van der Waals surface area contributed by atoms with Gasteiger partial charge in [0.05, 0.1) is 12.5 Å². The number of fused-ring (bicyclic) bond motifs is 5. The fourth-order valence-electron chi connectivity index (χ4n) is 9.24. The second kappa shape index (κ2) is 15.0. The molecular weight excluding hydrogens is 640 g/mol. The van der Waals surface area contributed by atoms with Gasteiger partial charge in [0.15, 0.2) is 12.4 Å². The van der Waals surface area contributed by atoms with Gasteiger partial charge in [-0.3, -0.25) is 24.0 Å². The zero-order chi connectivity index (χ0) is 35.6. The minimum Gasteiger partial charge on any atom is -0.480 e. The van der Waals surface area contributed by atoms with E-state index < -0.39 is 65.3 Å². The largest absolute Gasteiger partial charge is 0.480 e. The molecule has 6 unspecified atom stereocenters. The predicted octanol–water partition coefficient (Wildman–Crippen LogP) is 2.58. The number of thioether (sulfide) groups is 1. The Bertz CT molecular complexity index is 1330. The van der Waals surface area contributed by atoms with Gasteiger partial charge in [-0.05, 0) is 92.1 Å². The van der Waals surface area contributed by atoms with Crippen LogP contribution in [0.15, 0.2) is 11.6 Å². The highest BCUT2D eigenvalue weighted by Gasteiger charge is 2.68. The third-order valence-electron chi connectivity index (χ3n) is 11.9. The molecule has 0 aromatic heterocycles. The topological polar surface area (TPSA) is 196 Å². The number of carboxylic acid groups (broad SMARTS) is 1. The van der Waals surface area contributed by atoms with Gasteiger partial charge in [0, 0.05) is 18.3 Å². The lowest BCUT2D eigenvalue weighted by molar-refractivity contribution is -0.184. The van der Waals surface area contributed by atoms with E-state index >= 15 is 0 Å². The number of hydrogen-bond acceptors (Lipinski definition) is 10. The Kier molecular flexibility index (Phi) is 11.9. The average molecular weight is 693 g/mol. The summed E-state index contributed by atoms with van der Waals surface area (Å²) in [6, 6.07) is -2.11. The molecule has 3 fully saturated rings.